The van der Waals surface area contributed by atoms with E-state index in [1.54, 1.807) is 17.0 Å². The standard InChI is InChI=1S/C31H30FN5O2/c1-37-17-34-36-30(37)27-21(19-6-3-2-4-7-19)12-13-23(32)28(27)31-35-25-15-18(16-33-24-8-5-9-26(24)38)14-22(20-10-11-20)29(25)39-31/h2-4,6-7,12-15,17,20,24,26,33,38H,5,8-11,16H2,1H3/t24?,26-/m1/s1. The summed E-state index contributed by atoms with van der Waals surface area (Å²) >= 11 is 0. The van der Waals surface area contributed by atoms with Gasteiger partial charge in [0.25, 0.3) is 0 Å². The molecular formula is C31H30FN5O2. The molecule has 198 valence electrons. The van der Waals surface area contributed by atoms with E-state index in [1.165, 1.54) is 6.07 Å². The average Bonchev–Trinajstić information content (AvgIpc) is 3.35. The van der Waals surface area contributed by atoms with Crippen LogP contribution in [0.3, 0.4) is 0 Å². The molecule has 7 nitrogen and oxygen atoms in total. The van der Waals surface area contributed by atoms with Crippen LogP contribution in [-0.4, -0.2) is 37.0 Å². The summed E-state index contributed by atoms with van der Waals surface area (Å²) in [6.07, 6.45) is 6.38. The van der Waals surface area contributed by atoms with Crippen LogP contribution in [0.4, 0.5) is 4.39 Å². The van der Waals surface area contributed by atoms with Crippen LogP contribution >= 0.6 is 0 Å². The molecule has 2 aromatic heterocycles. The van der Waals surface area contributed by atoms with Crippen LogP contribution in [0.25, 0.3) is 45.1 Å². The van der Waals surface area contributed by atoms with Gasteiger partial charge in [0.1, 0.15) is 17.7 Å². The molecule has 7 rings (SSSR count). The first-order valence-electron chi connectivity index (χ1n) is 13.6. The molecule has 5 aromatic rings. The summed E-state index contributed by atoms with van der Waals surface area (Å²) in [6, 6.07) is 17.4. The SMILES string of the molecule is Cn1cnnc1-c1c(-c2ccccc2)ccc(F)c1-c1nc2cc(CNC3CCC[C@H]3O)cc(C3CC3)c2o1. The van der Waals surface area contributed by atoms with E-state index in [4.69, 9.17) is 9.40 Å². The number of aliphatic hydroxyl groups is 1. The highest BCUT2D eigenvalue weighted by atomic mass is 19.1. The van der Waals surface area contributed by atoms with Crippen LogP contribution < -0.4 is 5.32 Å². The predicted octanol–water partition coefficient (Wildman–Crippen LogP) is 5.98. The Balaban J connectivity index is 1.37. The van der Waals surface area contributed by atoms with Gasteiger partial charge in [0.2, 0.25) is 5.89 Å². The summed E-state index contributed by atoms with van der Waals surface area (Å²) in [5.41, 5.74) is 6.28. The number of aliphatic hydroxyl groups excluding tert-OH is 1. The van der Waals surface area contributed by atoms with Crippen molar-refractivity contribution in [3.63, 3.8) is 0 Å². The number of rotatable bonds is 7. The van der Waals surface area contributed by atoms with E-state index in [0.29, 0.717) is 35.0 Å². The van der Waals surface area contributed by atoms with E-state index < -0.39 is 5.82 Å². The molecule has 1 unspecified atom stereocenters. The molecule has 0 amide bonds. The predicted molar refractivity (Wildman–Crippen MR) is 147 cm³/mol. The second-order valence-electron chi connectivity index (χ2n) is 10.8. The van der Waals surface area contributed by atoms with Gasteiger partial charge in [-0.15, -0.1) is 10.2 Å². The lowest BCUT2D eigenvalue weighted by Crippen LogP contribution is -2.35. The summed E-state index contributed by atoms with van der Waals surface area (Å²) in [6.45, 7) is 0.640. The molecule has 3 aromatic carbocycles. The van der Waals surface area contributed by atoms with Crippen LogP contribution in [0.15, 0.2) is 65.3 Å². The lowest BCUT2D eigenvalue weighted by Gasteiger charge is -2.16. The number of oxazole rings is 1. The van der Waals surface area contributed by atoms with Crippen molar-refractivity contribution in [1.29, 1.82) is 0 Å². The molecule has 0 spiro atoms. The van der Waals surface area contributed by atoms with Gasteiger partial charge in [-0.1, -0.05) is 42.5 Å². The topological polar surface area (TPSA) is 89.0 Å². The Hall–Kier alpha value is -3.88. The van der Waals surface area contributed by atoms with E-state index in [2.05, 4.69) is 21.6 Å². The summed E-state index contributed by atoms with van der Waals surface area (Å²) in [5.74, 6) is 0.762. The number of halogens is 1. The fourth-order valence-electron chi connectivity index (χ4n) is 5.84. The maximum Gasteiger partial charge on any atom is 0.231 e. The summed E-state index contributed by atoms with van der Waals surface area (Å²) in [7, 11) is 1.84. The number of nitrogens with one attached hydrogen (secondary N) is 1. The van der Waals surface area contributed by atoms with Gasteiger partial charge in [-0.3, -0.25) is 0 Å². The number of fused-ring (bicyclic) bond motifs is 1. The van der Waals surface area contributed by atoms with E-state index in [1.807, 2.05) is 43.4 Å². The Morgan fingerprint density at radius 1 is 1.05 bits per heavy atom. The Kier molecular flexibility index (Phi) is 6.01. The smallest absolute Gasteiger partial charge is 0.231 e. The number of nitrogens with zero attached hydrogens (tertiary/aromatic N) is 4. The first-order chi connectivity index (χ1) is 19.1. The molecule has 0 saturated heterocycles. The maximum absolute atomic E-state index is 15.8. The highest BCUT2D eigenvalue weighted by Crippen LogP contribution is 2.46. The molecule has 2 aliphatic carbocycles. The average molecular weight is 524 g/mol. The summed E-state index contributed by atoms with van der Waals surface area (Å²) in [4.78, 5) is 4.86. The second kappa shape index (κ2) is 9.70. The molecule has 2 fully saturated rings. The number of aromatic nitrogens is 4. The minimum Gasteiger partial charge on any atom is -0.436 e. The van der Waals surface area contributed by atoms with Crippen LogP contribution in [-0.2, 0) is 13.6 Å². The van der Waals surface area contributed by atoms with Crippen molar-refractivity contribution >= 4 is 11.1 Å². The third-order valence-electron chi connectivity index (χ3n) is 8.03. The van der Waals surface area contributed by atoms with Crippen molar-refractivity contribution in [2.75, 3.05) is 0 Å². The van der Waals surface area contributed by atoms with Crippen molar-refractivity contribution in [2.24, 2.45) is 7.05 Å². The summed E-state index contributed by atoms with van der Waals surface area (Å²) in [5, 5.41) is 22.2. The van der Waals surface area contributed by atoms with Crippen molar-refractivity contribution in [3.8, 4) is 34.0 Å². The number of hydrogen-bond donors (Lipinski definition) is 2. The van der Waals surface area contributed by atoms with Crippen LogP contribution in [0.2, 0.25) is 0 Å². The van der Waals surface area contributed by atoms with Gasteiger partial charge in [0.15, 0.2) is 11.4 Å². The number of benzene rings is 3. The normalized spacial score (nSPS) is 19.3. The first-order valence-corrected chi connectivity index (χ1v) is 13.6. The molecule has 2 N–H and O–H groups in total. The highest BCUT2D eigenvalue weighted by Gasteiger charge is 2.31. The maximum atomic E-state index is 15.8. The molecular weight excluding hydrogens is 493 g/mol. The molecule has 2 aliphatic rings. The third-order valence-corrected chi connectivity index (χ3v) is 8.03. The van der Waals surface area contributed by atoms with Crippen LogP contribution in [0.5, 0.6) is 0 Å². The minimum atomic E-state index is -0.427. The third kappa shape index (κ3) is 4.43. The first kappa shape index (κ1) is 24.2. The van der Waals surface area contributed by atoms with Gasteiger partial charge < -0.3 is 19.4 Å². The molecule has 0 bridgehead atoms. The van der Waals surface area contributed by atoms with E-state index in [0.717, 1.165) is 54.4 Å². The largest absolute Gasteiger partial charge is 0.436 e. The van der Waals surface area contributed by atoms with Gasteiger partial charge in [-0.05, 0) is 66.8 Å². The van der Waals surface area contributed by atoms with E-state index in [-0.39, 0.29) is 23.6 Å². The fourth-order valence-corrected chi connectivity index (χ4v) is 5.84. The molecule has 39 heavy (non-hydrogen) atoms. The molecule has 0 aliphatic heterocycles. The molecule has 8 heteroatoms. The van der Waals surface area contributed by atoms with Crippen LogP contribution in [0.1, 0.15) is 49.1 Å². The van der Waals surface area contributed by atoms with Gasteiger partial charge in [0.05, 0.1) is 11.7 Å². The van der Waals surface area contributed by atoms with Crippen LogP contribution in [0, 0.1) is 5.82 Å². The lowest BCUT2D eigenvalue weighted by atomic mass is 9.94. The summed E-state index contributed by atoms with van der Waals surface area (Å²) < 4.78 is 24.0. The van der Waals surface area contributed by atoms with Crippen molar-refractivity contribution in [1.82, 2.24) is 25.1 Å². The minimum absolute atomic E-state index is 0.113. The monoisotopic (exact) mass is 523 g/mol. The second-order valence-corrected chi connectivity index (χ2v) is 10.8. The fraction of sp³-hybridized carbons (Fsp3) is 0.323. The van der Waals surface area contributed by atoms with Crippen molar-refractivity contribution in [2.45, 2.75) is 56.7 Å². The van der Waals surface area contributed by atoms with Crippen molar-refractivity contribution < 1.29 is 13.9 Å². The zero-order valence-electron chi connectivity index (χ0n) is 21.8. The molecule has 2 atom stereocenters. The Morgan fingerprint density at radius 3 is 2.62 bits per heavy atom. The van der Waals surface area contributed by atoms with Gasteiger partial charge in [0, 0.05) is 30.8 Å². The molecule has 2 heterocycles. The van der Waals surface area contributed by atoms with Gasteiger partial charge in [-0.25, -0.2) is 9.37 Å². The molecule has 0 radical (unpaired) electrons. The Bertz CT molecular complexity index is 1660. The van der Waals surface area contributed by atoms with E-state index in [9.17, 15) is 5.11 Å². The zero-order valence-corrected chi connectivity index (χ0v) is 21.8. The number of hydrogen-bond acceptors (Lipinski definition) is 6. The Labute approximate surface area is 225 Å². The Morgan fingerprint density at radius 2 is 1.90 bits per heavy atom. The number of aryl methyl sites for hydroxylation is 1. The van der Waals surface area contributed by atoms with Crippen molar-refractivity contribution in [3.05, 3.63) is 77.9 Å². The van der Waals surface area contributed by atoms with E-state index >= 15 is 4.39 Å². The quantitative estimate of drug-likeness (QED) is 0.273. The van der Waals surface area contributed by atoms with Gasteiger partial charge in [-0.2, -0.15) is 0 Å². The zero-order chi connectivity index (χ0) is 26.5. The highest BCUT2D eigenvalue weighted by molar-refractivity contribution is 5.92. The lowest BCUT2D eigenvalue weighted by molar-refractivity contribution is 0.148. The molecule has 2 saturated carbocycles. The van der Waals surface area contributed by atoms with Gasteiger partial charge >= 0.3 is 0 Å².